The zero-order valence-electron chi connectivity index (χ0n) is 29.3. The number of hydrogen-bond donors (Lipinski definition) is 0. The summed E-state index contributed by atoms with van der Waals surface area (Å²) >= 11 is 0. The van der Waals surface area contributed by atoms with Gasteiger partial charge in [-0.3, -0.25) is 0 Å². The van der Waals surface area contributed by atoms with Crippen molar-refractivity contribution in [3.8, 4) is 11.5 Å². The molecule has 56 heavy (non-hydrogen) atoms. The lowest BCUT2D eigenvalue weighted by molar-refractivity contribution is -0.333. The van der Waals surface area contributed by atoms with E-state index in [0.717, 1.165) is 11.5 Å². The van der Waals surface area contributed by atoms with Gasteiger partial charge in [0.05, 0.1) is 14.2 Å². The minimum Gasteiger partial charge on any atom is -0.743 e. The van der Waals surface area contributed by atoms with Gasteiger partial charge >= 0.3 is 22.9 Å². The smallest absolute Gasteiger partial charge is 0.485 e. The zero-order chi connectivity index (χ0) is 42.3. The van der Waals surface area contributed by atoms with Crippen LogP contribution >= 0.6 is 0 Å². The number of fused-ring (bicyclic) bond motifs is 2. The largest absolute Gasteiger partial charge is 0.743 e. The molecule has 8 nitrogen and oxygen atoms in total. The first kappa shape index (κ1) is 47.2. The van der Waals surface area contributed by atoms with Crippen LogP contribution in [-0.2, 0) is 42.0 Å². The summed E-state index contributed by atoms with van der Waals surface area (Å²) in [6.07, 6.45) is -1.26. The van der Waals surface area contributed by atoms with E-state index in [1.165, 1.54) is 70.2 Å². The molecule has 4 aromatic rings. The molecule has 4 aromatic carbocycles. The molecule has 0 saturated carbocycles. The Morgan fingerprint density at radius 3 is 1.05 bits per heavy atom. The topological polar surface area (TPSA) is 133 Å². The van der Waals surface area contributed by atoms with E-state index >= 15 is 0 Å². The molecule has 0 amide bonds. The summed E-state index contributed by atoms with van der Waals surface area (Å²) in [5.74, 6) is 0.555. The first-order chi connectivity index (χ1) is 25.8. The number of alkyl halides is 10. The lowest BCUT2D eigenvalue weighted by Crippen LogP contribution is -2.55. The van der Waals surface area contributed by atoms with Crippen molar-refractivity contribution in [2.45, 2.75) is 58.3 Å². The Morgan fingerprint density at radius 2 is 0.821 bits per heavy atom. The van der Waals surface area contributed by atoms with Gasteiger partial charge in [-0.1, -0.05) is 36.4 Å². The third kappa shape index (κ3) is 11.1. The van der Waals surface area contributed by atoms with Crippen LogP contribution in [-0.4, -0.2) is 86.0 Å². The highest BCUT2D eigenvalue weighted by Crippen LogP contribution is 2.48. The molecule has 0 aliphatic carbocycles. The maximum Gasteiger partial charge on any atom is 0.485 e. The number of benzene rings is 4. The number of halogens is 10. The minimum atomic E-state index is -7.10. The summed E-state index contributed by atoms with van der Waals surface area (Å²) < 4.78 is 179. The van der Waals surface area contributed by atoms with E-state index < -0.39 is 43.1 Å². The molecule has 2 aliphatic heterocycles. The van der Waals surface area contributed by atoms with Crippen molar-refractivity contribution in [1.29, 1.82) is 0 Å². The SMILES string of the molecule is COc1ccc([S+]2CCCC2)c2ccccc12.COc1ccc([S+]2CCCC2)c2ccccc12.O=S(=O)([O-])C(F)(F)C(F)(F)C(F)(F)F.O=S(=O)([O-])C(F)(F)F. The number of methoxy groups -OCH3 is 2. The second-order valence-electron chi connectivity index (χ2n) is 11.8. The molecule has 0 spiro atoms. The van der Waals surface area contributed by atoms with Crippen LogP contribution in [0.4, 0.5) is 43.9 Å². The molecule has 0 N–H and O–H groups in total. The summed E-state index contributed by atoms with van der Waals surface area (Å²) in [7, 11) is -8.75. The molecular weight excluding hydrogens is 855 g/mol. The monoisotopic (exact) mass is 888 g/mol. The normalized spacial score (nSPS) is 16.0. The van der Waals surface area contributed by atoms with Gasteiger partial charge < -0.3 is 18.6 Å². The fourth-order valence-corrected chi connectivity index (χ4v) is 10.8. The van der Waals surface area contributed by atoms with Gasteiger partial charge in [-0.15, -0.1) is 0 Å². The van der Waals surface area contributed by atoms with Gasteiger partial charge in [0.2, 0.25) is 0 Å². The van der Waals surface area contributed by atoms with Gasteiger partial charge in [0.25, 0.3) is 0 Å². The van der Waals surface area contributed by atoms with Gasteiger partial charge in [0.1, 0.15) is 34.5 Å². The van der Waals surface area contributed by atoms with Gasteiger partial charge in [-0.25, -0.2) is 16.8 Å². The van der Waals surface area contributed by atoms with E-state index in [9.17, 15) is 56.9 Å². The van der Waals surface area contributed by atoms with Crippen LogP contribution in [0.1, 0.15) is 25.7 Å². The summed E-state index contributed by atoms with van der Waals surface area (Å²) in [6.45, 7) is 0. The molecule has 2 saturated heterocycles. The van der Waals surface area contributed by atoms with E-state index in [0.29, 0.717) is 21.8 Å². The molecule has 2 fully saturated rings. The molecular formula is C34H34F10O8S4. The van der Waals surface area contributed by atoms with Crippen LogP contribution in [0.15, 0.2) is 82.6 Å². The standard InChI is InChI=1S/2C15H17OS.C3HF7O3S.CHF3O3S/c2*1-16-14-8-9-15(17-10-4-5-11-17)13-7-3-2-6-12(13)14;4-1(5,2(6,7)8)3(9,10)14(11,12)13;2-1(3,4)8(5,6)7/h2*2-3,6-9H,4-5,10-11H2,1H3;(H,11,12,13);(H,5,6,7)/q2*+1;;/p-2. The first-order valence-electron chi connectivity index (χ1n) is 16.1. The molecule has 0 radical (unpaired) electrons. The van der Waals surface area contributed by atoms with Crippen LogP contribution < -0.4 is 9.47 Å². The Balaban J connectivity index is 0.000000207. The summed E-state index contributed by atoms with van der Waals surface area (Å²) in [5.41, 5.74) is -5.65. The summed E-state index contributed by atoms with van der Waals surface area (Å²) in [6, 6.07) is 26.0. The van der Waals surface area contributed by atoms with Crippen molar-refractivity contribution < 1.29 is 79.3 Å². The van der Waals surface area contributed by atoms with Crippen molar-refractivity contribution >= 4 is 63.6 Å². The van der Waals surface area contributed by atoms with Crippen molar-refractivity contribution in [3.05, 3.63) is 72.8 Å². The van der Waals surface area contributed by atoms with Crippen molar-refractivity contribution in [2.24, 2.45) is 0 Å². The predicted octanol–water partition coefficient (Wildman–Crippen LogP) is 8.61. The quantitative estimate of drug-likeness (QED) is 0.0814. The second kappa shape index (κ2) is 18.6. The fourth-order valence-electron chi connectivity index (χ4n) is 5.42. The van der Waals surface area contributed by atoms with E-state index in [1.807, 2.05) is 0 Å². The van der Waals surface area contributed by atoms with Crippen molar-refractivity contribution in [3.63, 3.8) is 0 Å². The predicted molar refractivity (Wildman–Crippen MR) is 192 cm³/mol. The van der Waals surface area contributed by atoms with Crippen molar-refractivity contribution in [1.82, 2.24) is 0 Å². The molecule has 0 unspecified atom stereocenters. The Morgan fingerprint density at radius 1 is 0.518 bits per heavy atom. The maximum atomic E-state index is 11.8. The molecule has 0 bridgehead atoms. The second-order valence-corrected chi connectivity index (χ2v) is 19.1. The Kier molecular flexibility index (Phi) is 15.7. The van der Waals surface area contributed by atoms with E-state index in [1.54, 1.807) is 24.0 Å². The van der Waals surface area contributed by atoms with Gasteiger partial charge in [0, 0.05) is 43.3 Å². The Hall–Kier alpha value is -3.18. The average Bonchev–Trinajstić information content (AvgIpc) is 3.86. The molecule has 2 heterocycles. The molecule has 6 rings (SSSR count). The van der Waals surface area contributed by atoms with Crippen LogP contribution in [0.5, 0.6) is 11.5 Å². The average molecular weight is 889 g/mol. The van der Waals surface area contributed by atoms with Crippen LogP contribution in [0.25, 0.3) is 21.5 Å². The van der Waals surface area contributed by atoms with Crippen LogP contribution in [0, 0.1) is 0 Å². The van der Waals surface area contributed by atoms with Gasteiger partial charge in [0.15, 0.2) is 30.0 Å². The minimum absolute atomic E-state index is 0.469. The van der Waals surface area contributed by atoms with Gasteiger partial charge in [-0.2, -0.15) is 43.9 Å². The summed E-state index contributed by atoms with van der Waals surface area (Å²) in [4.78, 5) is 3.08. The number of hydrogen-bond acceptors (Lipinski definition) is 8. The van der Waals surface area contributed by atoms with E-state index in [4.69, 9.17) is 22.4 Å². The summed E-state index contributed by atoms with van der Waals surface area (Å²) in [5, 5.41) is -1.44. The number of ether oxygens (including phenoxy) is 2. The molecule has 312 valence electrons. The first-order valence-corrected chi connectivity index (χ1v) is 22.0. The zero-order valence-corrected chi connectivity index (χ0v) is 32.5. The highest BCUT2D eigenvalue weighted by molar-refractivity contribution is 7.97. The number of rotatable bonds is 6. The van der Waals surface area contributed by atoms with E-state index in [2.05, 4.69) is 72.8 Å². The fraction of sp³-hybridized carbons (Fsp3) is 0.412. The van der Waals surface area contributed by atoms with Gasteiger partial charge in [-0.05, 0) is 62.1 Å². The third-order valence-electron chi connectivity index (χ3n) is 8.13. The Bertz CT molecular complexity index is 2050. The van der Waals surface area contributed by atoms with Crippen molar-refractivity contribution in [2.75, 3.05) is 37.2 Å². The Labute approximate surface area is 321 Å². The molecule has 0 atom stereocenters. The lowest BCUT2D eigenvalue weighted by atomic mass is 10.1. The highest BCUT2D eigenvalue weighted by Gasteiger charge is 2.76. The van der Waals surface area contributed by atoms with E-state index in [-0.39, 0.29) is 0 Å². The molecule has 22 heteroatoms. The lowest BCUT2D eigenvalue weighted by Gasteiger charge is -2.29. The maximum absolute atomic E-state index is 11.8. The van der Waals surface area contributed by atoms with Crippen LogP contribution in [0.2, 0.25) is 0 Å². The molecule has 2 aliphatic rings. The van der Waals surface area contributed by atoms with Crippen LogP contribution in [0.3, 0.4) is 0 Å². The highest BCUT2D eigenvalue weighted by atomic mass is 32.2. The third-order valence-corrected chi connectivity index (χ3v) is 14.7. The molecule has 0 aromatic heterocycles.